The fraction of sp³-hybridized carbons (Fsp3) is 0.800. The van der Waals surface area contributed by atoms with E-state index in [1.165, 1.54) is 302 Å². The van der Waals surface area contributed by atoms with E-state index in [-0.39, 0.29) is 25.6 Å². The molecular weight excluding hydrogens is 1250 g/mol. The molecule has 1 N–H and O–H groups in total. The van der Waals surface area contributed by atoms with Crippen molar-refractivity contribution in [3.8, 4) is 0 Å². The summed E-state index contributed by atoms with van der Waals surface area (Å²) >= 11 is 0. The van der Waals surface area contributed by atoms with Crippen molar-refractivity contribution in [3.05, 3.63) is 97.2 Å². The SMILES string of the molecule is CC/C=C\C/C=C\C/C=C\C/C=C\C/C=C\CCCCCCCCCCCCCCCCCCCCCCCCCC(=O)OC(COC(=O)CCCCCCCCCCCCCCCCCCCCCCCC/C=C\C/C=C\C/C=C\CCCCCCC)COP(=O)(O)OCC[N+](C)(C)C. The molecule has 0 aliphatic carbocycles. The number of esters is 2. The van der Waals surface area contributed by atoms with Gasteiger partial charge in [-0.3, -0.25) is 18.6 Å². The first-order valence-corrected chi connectivity index (χ1v) is 44.5. The summed E-state index contributed by atoms with van der Waals surface area (Å²) in [7, 11) is 1.50. The third-order valence-corrected chi connectivity index (χ3v) is 20.1. The number of likely N-dealkylation sites (N-methyl/N-ethyl adjacent to an activating group) is 1. The summed E-state index contributed by atoms with van der Waals surface area (Å²) in [5.41, 5.74) is 0. The average Bonchev–Trinajstić information content (AvgIpc) is 1.07. The second kappa shape index (κ2) is 80.0. The Morgan fingerprint density at radius 2 is 0.570 bits per heavy atom. The summed E-state index contributed by atoms with van der Waals surface area (Å²) in [5.74, 6) is -0.776. The molecule has 0 fully saturated rings. The molecule has 0 bridgehead atoms. The molecule has 100 heavy (non-hydrogen) atoms. The van der Waals surface area contributed by atoms with Crippen molar-refractivity contribution in [2.75, 3.05) is 47.5 Å². The maximum absolute atomic E-state index is 12.9. The number of allylic oxidation sites excluding steroid dienone is 16. The number of hydrogen-bond donors (Lipinski definition) is 1. The van der Waals surface area contributed by atoms with E-state index in [2.05, 4.69) is 111 Å². The number of phosphoric ester groups is 1. The third kappa shape index (κ3) is 83.9. The number of unbranched alkanes of at least 4 members (excludes halogenated alkanes) is 50. The highest BCUT2D eigenvalue weighted by molar-refractivity contribution is 7.47. The van der Waals surface area contributed by atoms with Crippen LogP contribution in [0.1, 0.15) is 412 Å². The standard InChI is InChI=1S/C90H164NO8P/c1-6-8-10-12-14-16-18-20-22-24-26-28-30-32-34-36-38-40-42-44-45-47-49-51-53-55-57-59-61-63-65-67-69-71-73-75-77-79-81-83-90(93)99-88(87-98-100(94,95)97-85-84-91(3,4)5)86-96-89(92)82-80-78-76-74-72-70-68-66-64-62-60-58-56-54-52-50-48-46-43-41-39-37-35-33-31-29-27-25-23-21-19-17-15-13-11-9-7-2/h8,10,14,16,19-22,25-28,31-34,88H,6-7,9,11-13,15,17-18,23-24,29-30,35-87H2,1-5H3/p+1/b10-8-,16-14-,21-19-,22-20-,27-25-,28-26-,33-31-,34-32-. The molecule has 0 aliphatic heterocycles. The first kappa shape index (κ1) is 96.9. The number of quaternary nitrogens is 1. The number of ether oxygens (including phenoxy) is 2. The molecule has 0 spiro atoms. The molecule has 0 rings (SSSR count). The Labute approximate surface area is 621 Å². The summed E-state index contributed by atoms with van der Waals surface area (Å²) < 4.78 is 34.9. The van der Waals surface area contributed by atoms with Gasteiger partial charge in [-0.05, 0) is 96.3 Å². The number of hydrogen-bond acceptors (Lipinski definition) is 7. The second-order valence-electron chi connectivity index (χ2n) is 30.2. The Morgan fingerprint density at radius 3 is 0.850 bits per heavy atom. The predicted octanol–water partition coefficient (Wildman–Crippen LogP) is 29.0. The van der Waals surface area contributed by atoms with Crippen LogP contribution < -0.4 is 0 Å². The first-order chi connectivity index (χ1) is 49.0. The molecule has 582 valence electrons. The predicted molar refractivity (Wildman–Crippen MR) is 436 cm³/mol. The third-order valence-electron chi connectivity index (χ3n) is 19.1. The maximum atomic E-state index is 12.9. The lowest BCUT2D eigenvalue weighted by molar-refractivity contribution is -0.870. The number of carbonyl (C=O) groups excluding carboxylic acids is 2. The summed E-state index contributed by atoms with van der Waals surface area (Å²) in [5, 5.41) is 0. The van der Waals surface area contributed by atoms with Crippen LogP contribution in [0.3, 0.4) is 0 Å². The van der Waals surface area contributed by atoms with E-state index >= 15 is 0 Å². The highest BCUT2D eigenvalue weighted by Crippen LogP contribution is 2.43. The molecule has 0 aliphatic rings. The van der Waals surface area contributed by atoms with Gasteiger partial charge in [0.05, 0.1) is 27.7 Å². The van der Waals surface area contributed by atoms with Gasteiger partial charge in [0.2, 0.25) is 0 Å². The zero-order valence-electron chi connectivity index (χ0n) is 66.7. The second-order valence-corrected chi connectivity index (χ2v) is 31.6. The molecule has 9 nitrogen and oxygen atoms in total. The minimum atomic E-state index is -4.40. The van der Waals surface area contributed by atoms with Gasteiger partial charge in [-0.1, -0.05) is 400 Å². The Bertz CT molecular complexity index is 2010. The normalized spacial score (nSPS) is 13.5. The van der Waals surface area contributed by atoms with E-state index < -0.39 is 26.5 Å². The zero-order valence-corrected chi connectivity index (χ0v) is 67.6. The average molecular weight is 1420 g/mol. The van der Waals surface area contributed by atoms with Crippen LogP contribution >= 0.6 is 7.82 Å². The van der Waals surface area contributed by atoms with Gasteiger partial charge in [0.1, 0.15) is 19.8 Å². The monoisotopic (exact) mass is 1420 g/mol. The number of phosphoric acid groups is 1. The topological polar surface area (TPSA) is 108 Å². The van der Waals surface area contributed by atoms with Crippen molar-refractivity contribution in [2.24, 2.45) is 0 Å². The molecule has 0 radical (unpaired) electrons. The molecule has 0 aromatic heterocycles. The van der Waals surface area contributed by atoms with E-state index in [4.69, 9.17) is 18.5 Å². The number of rotatable bonds is 80. The molecule has 0 aromatic carbocycles. The van der Waals surface area contributed by atoms with Gasteiger partial charge in [0, 0.05) is 12.8 Å². The lowest BCUT2D eigenvalue weighted by Crippen LogP contribution is -2.37. The van der Waals surface area contributed by atoms with Crippen LogP contribution in [-0.4, -0.2) is 74.9 Å². The molecule has 10 heteroatoms. The van der Waals surface area contributed by atoms with Crippen molar-refractivity contribution in [1.82, 2.24) is 0 Å². The van der Waals surface area contributed by atoms with Crippen LogP contribution in [0, 0.1) is 0 Å². The zero-order chi connectivity index (χ0) is 72.5. The van der Waals surface area contributed by atoms with Gasteiger partial charge < -0.3 is 18.9 Å². The lowest BCUT2D eigenvalue weighted by Gasteiger charge is -2.24. The molecule has 0 saturated carbocycles. The van der Waals surface area contributed by atoms with Gasteiger partial charge in [0.25, 0.3) is 0 Å². The Balaban J connectivity index is 3.89. The minimum Gasteiger partial charge on any atom is -0.462 e. The van der Waals surface area contributed by atoms with E-state index in [1.54, 1.807) is 0 Å². The van der Waals surface area contributed by atoms with Crippen LogP contribution in [0.25, 0.3) is 0 Å². The van der Waals surface area contributed by atoms with Crippen LogP contribution in [0.15, 0.2) is 97.2 Å². The fourth-order valence-corrected chi connectivity index (χ4v) is 13.3. The summed E-state index contributed by atoms with van der Waals surface area (Å²) in [6.45, 7) is 4.37. The highest BCUT2D eigenvalue weighted by atomic mass is 31.2. The molecule has 2 unspecified atom stereocenters. The van der Waals surface area contributed by atoms with Crippen molar-refractivity contribution in [1.29, 1.82) is 0 Å². The van der Waals surface area contributed by atoms with Gasteiger partial charge in [0.15, 0.2) is 6.10 Å². The summed E-state index contributed by atoms with van der Waals surface area (Å²) in [4.78, 5) is 36.0. The van der Waals surface area contributed by atoms with E-state index in [0.29, 0.717) is 23.9 Å². The summed E-state index contributed by atoms with van der Waals surface area (Å²) in [6.07, 6.45) is 113. The number of nitrogens with zero attached hydrogens (tertiary/aromatic N) is 1. The number of carbonyl (C=O) groups is 2. The molecule has 0 amide bonds. The Morgan fingerprint density at radius 1 is 0.320 bits per heavy atom. The van der Waals surface area contributed by atoms with Gasteiger partial charge in [-0.2, -0.15) is 0 Å². The lowest BCUT2D eigenvalue weighted by atomic mass is 10.0. The Hall–Kier alpha value is -3.07. The van der Waals surface area contributed by atoms with Crippen molar-refractivity contribution < 1.29 is 42.1 Å². The maximum Gasteiger partial charge on any atom is 0.472 e. The molecule has 2 atom stereocenters. The quantitative estimate of drug-likeness (QED) is 0.0211. The van der Waals surface area contributed by atoms with E-state index in [1.807, 2.05) is 21.1 Å². The van der Waals surface area contributed by atoms with Crippen molar-refractivity contribution in [3.63, 3.8) is 0 Å². The van der Waals surface area contributed by atoms with Crippen LogP contribution in [-0.2, 0) is 32.7 Å². The first-order valence-electron chi connectivity index (χ1n) is 43.0. The molecule has 0 saturated heterocycles. The highest BCUT2D eigenvalue weighted by Gasteiger charge is 2.27. The van der Waals surface area contributed by atoms with Gasteiger partial charge in [-0.25, -0.2) is 4.57 Å². The van der Waals surface area contributed by atoms with Crippen molar-refractivity contribution in [2.45, 2.75) is 418 Å². The Kier molecular flexibility index (Phi) is 77.6. The summed E-state index contributed by atoms with van der Waals surface area (Å²) in [6, 6.07) is 0. The molecule has 0 heterocycles. The van der Waals surface area contributed by atoms with Crippen LogP contribution in [0.4, 0.5) is 0 Å². The van der Waals surface area contributed by atoms with E-state index in [0.717, 1.165) is 77.0 Å². The smallest absolute Gasteiger partial charge is 0.462 e. The molecular formula is C90H165NO8P+. The van der Waals surface area contributed by atoms with E-state index in [9.17, 15) is 19.0 Å². The minimum absolute atomic E-state index is 0.0327. The van der Waals surface area contributed by atoms with Gasteiger partial charge in [-0.15, -0.1) is 0 Å². The van der Waals surface area contributed by atoms with Crippen LogP contribution in [0.2, 0.25) is 0 Å². The van der Waals surface area contributed by atoms with Crippen molar-refractivity contribution >= 4 is 19.8 Å². The molecule has 0 aromatic rings. The largest absolute Gasteiger partial charge is 0.472 e. The fourth-order valence-electron chi connectivity index (χ4n) is 12.6. The van der Waals surface area contributed by atoms with Crippen LogP contribution in [0.5, 0.6) is 0 Å². The van der Waals surface area contributed by atoms with Gasteiger partial charge >= 0.3 is 19.8 Å².